The van der Waals surface area contributed by atoms with Crippen molar-refractivity contribution in [3.8, 4) is 5.69 Å². The molecule has 4 aromatic rings. The second-order valence-corrected chi connectivity index (χ2v) is 7.18. The summed E-state index contributed by atoms with van der Waals surface area (Å²) in [6, 6.07) is 5.97. The number of rotatable bonds is 3. The Morgan fingerprint density at radius 3 is 2.21 bits per heavy atom. The van der Waals surface area contributed by atoms with Crippen molar-refractivity contribution < 1.29 is 1.43 Å². The van der Waals surface area contributed by atoms with Crippen LogP contribution in [0.4, 0.5) is 11.4 Å². The van der Waals surface area contributed by atoms with Crippen LogP contribution in [0.15, 0.2) is 46.4 Å². The Kier molecular flexibility index (Phi) is 4.34. The van der Waals surface area contributed by atoms with Crippen LogP contribution >= 0.6 is 0 Å². The number of aromatic nitrogens is 5. The summed E-state index contributed by atoms with van der Waals surface area (Å²) in [4.78, 5) is 24.4. The SMILES string of the molecule is Cc1c(Nc2ccc3c(ccn3-c3cnn(C)c(=O)c3C)c2C)cnn(C)c1=O.[HH]. The molecule has 150 valence electrons. The van der Waals surface area contributed by atoms with Gasteiger partial charge >= 0.3 is 0 Å². The van der Waals surface area contributed by atoms with Crippen molar-refractivity contribution in [2.75, 3.05) is 5.32 Å². The van der Waals surface area contributed by atoms with Crippen molar-refractivity contribution in [3.05, 3.63) is 74.2 Å². The van der Waals surface area contributed by atoms with Gasteiger partial charge in [-0.05, 0) is 44.5 Å². The predicted octanol–water partition coefficient (Wildman–Crippen LogP) is 2.73. The molecule has 1 aromatic carbocycles. The molecular weight excluding hydrogens is 368 g/mol. The van der Waals surface area contributed by atoms with Crippen molar-refractivity contribution in [3.63, 3.8) is 0 Å². The fourth-order valence-corrected chi connectivity index (χ4v) is 3.52. The first kappa shape index (κ1) is 18.7. The maximum atomic E-state index is 12.3. The minimum absolute atomic E-state index is 0. The second-order valence-electron chi connectivity index (χ2n) is 7.18. The van der Waals surface area contributed by atoms with Crippen LogP contribution < -0.4 is 16.4 Å². The number of nitrogens with one attached hydrogen (secondary N) is 1. The first-order chi connectivity index (χ1) is 13.8. The predicted molar refractivity (Wildman–Crippen MR) is 115 cm³/mol. The largest absolute Gasteiger partial charge is 0.354 e. The quantitative estimate of drug-likeness (QED) is 0.579. The summed E-state index contributed by atoms with van der Waals surface area (Å²) in [5.74, 6) is 0. The van der Waals surface area contributed by atoms with Crippen molar-refractivity contribution in [1.82, 2.24) is 24.1 Å². The molecule has 3 heterocycles. The molecule has 0 atom stereocenters. The topological polar surface area (TPSA) is 86.7 Å². The van der Waals surface area contributed by atoms with E-state index in [1.165, 1.54) is 9.36 Å². The van der Waals surface area contributed by atoms with E-state index in [4.69, 9.17) is 0 Å². The molecule has 0 bridgehead atoms. The van der Waals surface area contributed by atoms with E-state index in [1.54, 1.807) is 40.3 Å². The molecule has 1 N–H and O–H groups in total. The molecule has 0 spiro atoms. The molecule has 0 aliphatic heterocycles. The van der Waals surface area contributed by atoms with Crippen molar-refractivity contribution in [2.45, 2.75) is 20.8 Å². The van der Waals surface area contributed by atoms with Gasteiger partial charge in [0.2, 0.25) is 0 Å². The molecule has 4 rings (SSSR count). The Bertz CT molecular complexity index is 1380. The zero-order valence-corrected chi connectivity index (χ0v) is 17.0. The summed E-state index contributed by atoms with van der Waals surface area (Å²) < 4.78 is 4.62. The lowest BCUT2D eigenvalue weighted by Crippen LogP contribution is -2.23. The lowest BCUT2D eigenvalue weighted by Gasteiger charge is -2.14. The molecule has 0 unspecified atom stereocenters. The molecule has 0 radical (unpaired) electrons. The molecule has 0 amide bonds. The maximum absolute atomic E-state index is 12.3. The molecule has 0 saturated heterocycles. The summed E-state index contributed by atoms with van der Waals surface area (Å²) in [5, 5.41) is 12.6. The molecule has 0 aliphatic rings. The molecule has 0 aliphatic carbocycles. The summed E-state index contributed by atoms with van der Waals surface area (Å²) >= 11 is 0. The van der Waals surface area contributed by atoms with Gasteiger partial charge in [-0.15, -0.1) is 0 Å². The third-order valence-corrected chi connectivity index (χ3v) is 5.40. The smallest absolute Gasteiger partial charge is 0.271 e. The normalized spacial score (nSPS) is 11.2. The van der Waals surface area contributed by atoms with E-state index in [0.29, 0.717) is 16.8 Å². The minimum atomic E-state index is -0.131. The van der Waals surface area contributed by atoms with Gasteiger partial charge in [0, 0.05) is 43.9 Å². The highest BCUT2D eigenvalue weighted by Crippen LogP contribution is 2.30. The number of hydrogen-bond acceptors (Lipinski definition) is 5. The fraction of sp³-hybridized carbons (Fsp3) is 0.238. The van der Waals surface area contributed by atoms with Gasteiger partial charge in [-0.25, -0.2) is 9.36 Å². The average molecular weight is 392 g/mol. The molecular formula is C21H24N6O2. The van der Waals surface area contributed by atoms with Gasteiger partial charge in [-0.2, -0.15) is 10.2 Å². The van der Waals surface area contributed by atoms with E-state index in [0.717, 1.165) is 27.8 Å². The standard InChI is InChI=1S/C21H22N6O2.H2/c1-12-15-8-9-27(19-11-23-26(5)21(29)14(19)3)18(15)7-6-16(12)24-17-10-22-25(4)20(28)13(17)2;/h6-11,24H,1-5H3;1H. The van der Waals surface area contributed by atoms with Crippen LogP contribution in [0.3, 0.4) is 0 Å². The monoisotopic (exact) mass is 392 g/mol. The third-order valence-electron chi connectivity index (χ3n) is 5.40. The van der Waals surface area contributed by atoms with E-state index >= 15 is 0 Å². The first-order valence-corrected chi connectivity index (χ1v) is 9.23. The number of nitrogens with zero attached hydrogens (tertiary/aromatic N) is 5. The minimum Gasteiger partial charge on any atom is -0.354 e. The van der Waals surface area contributed by atoms with Crippen LogP contribution in [0.2, 0.25) is 0 Å². The van der Waals surface area contributed by atoms with Crippen LogP contribution in [0.25, 0.3) is 16.6 Å². The number of fused-ring (bicyclic) bond motifs is 1. The van der Waals surface area contributed by atoms with Crippen LogP contribution in [-0.4, -0.2) is 24.1 Å². The Morgan fingerprint density at radius 1 is 0.828 bits per heavy atom. The highest BCUT2D eigenvalue weighted by molar-refractivity contribution is 5.90. The number of hydrogen-bond donors (Lipinski definition) is 1. The lowest BCUT2D eigenvalue weighted by atomic mass is 10.1. The third kappa shape index (κ3) is 2.93. The van der Waals surface area contributed by atoms with E-state index in [1.807, 2.05) is 35.9 Å². The fourth-order valence-electron chi connectivity index (χ4n) is 3.52. The average Bonchev–Trinajstić information content (AvgIpc) is 3.13. The molecule has 0 saturated carbocycles. The number of anilines is 2. The lowest BCUT2D eigenvalue weighted by molar-refractivity contribution is 0.695. The number of aryl methyl sites for hydroxylation is 3. The Hall–Kier alpha value is -3.68. The van der Waals surface area contributed by atoms with Gasteiger partial charge in [-0.1, -0.05) is 0 Å². The molecule has 0 fully saturated rings. The van der Waals surface area contributed by atoms with E-state index in [-0.39, 0.29) is 12.5 Å². The molecule has 3 aromatic heterocycles. The van der Waals surface area contributed by atoms with Crippen molar-refractivity contribution >= 4 is 22.3 Å². The van der Waals surface area contributed by atoms with Gasteiger partial charge in [0.15, 0.2) is 0 Å². The van der Waals surface area contributed by atoms with Crippen LogP contribution in [-0.2, 0) is 14.1 Å². The van der Waals surface area contributed by atoms with Gasteiger partial charge in [-0.3, -0.25) is 9.59 Å². The van der Waals surface area contributed by atoms with Crippen LogP contribution in [0.1, 0.15) is 18.1 Å². The molecule has 8 nitrogen and oxygen atoms in total. The molecule has 29 heavy (non-hydrogen) atoms. The Balaban J connectivity index is 0.00000256. The summed E-state index contributed by atoms with van der Waals surface area (Å²) in [7, 11) is 3.27. The summed E-state index contributed by atoms with van der Waals surface area (Å²) in [6.07, 6.45) is 5.29. The number of benzene rings is 1. The van der Waals surface area contributed by atoms with Crippen molar-refractivity contribution in [1.29, 1.82) is 0 Å². The zero-order chi connectivity index (χ0) is 20.9. The van der Waals surface area contributed by atoms with Crippen LogP contribution in [0.5, 0.6) is 0 Å². The zero-order valence-electron chi connectivity index (χ0n) is 17.0. The van der Waals surface area contributed by atoms with Crippen LogP contribution in [0, 0.1) is 20.8 Å². The van der Waals surface area contributed by atoms with Crippen molar-refractivity contribution in [2.24, 2.45) is 14.1 Å². The Morgan fingerprint density at radius 2 is 1.48 bits per heavy atom. The first-order valence-electron chi connectivity index (χ1n) is 9.23. The summed E-state index contributed by atoms with van der Waals surface area (Å²) in [5.41, 5.74) is 5.36. The van der Waals surface area contributed by atoms with Gasteiger partial charge in [0.1, 0.15) is 0 Å². The van der Waals surface area contributed by atoms with Gasteiger partial charge in [0.05, 0.1) is 29.3 Å². The van der Waals surface area contributed by atoms with Gasteiger partial charge in [0.25, 0.3) is 11.1 Å². The molecule has 8 heteroatoms. The van der Waals surface area contributed by atoms with E-state index in [9.17, 15) is 9.59 Å². The second kappa shape index (κ2) is 6.73. The van der Waals surface area contributed by atoms with E-state index < -0.39 is 0 Å². The summed E-state index contributed by atoms with van der Waals surface area (Å²) in [6.45, 7) is 5.61. The van der Waals surface area contributed by atoms with E-state index in [2.05, 4.69) is 15.5 Å². The maximum Gasteiger partial charge on any atom is 0.271 e. The van der Waals surface area contributed by atoms with Gasteiger partial charge < -0.3 is 9.88 Å². The Labute approximate surface area is 168 Å². The highest BCUT2D eigenvalue weighted by Gasteiger charge is 2.14. The highest BCUT2D eigenvalue weighted by atomic mass is 16.1.